The molecule has 0 atom stereocenters. The first-order valence-corrected chi connectivity index (χ1v) is 9.44. The average Bonchev–Trinajstić information content (AvgIpc) is 2.68. The van der Waals surface area contributed by atoms with E-state index in [2.05, 4.69) is 10.3 Å². The molecule has 2 heterocycles. The van der Waals surface area contributed by atoms with Gasteiger partial charge in [0.15, 0.2) is 0 Å². The standard InChI is InChI=1S/C21H23ClFN3O2/c1-21(2,28)16-11-18(22)19(24-13-16)15-7-9-26(10-8-15)20(27)25-17-5-3-14(12-23)4-6-17/h3-7,11,13,28H,8-10,12H2,1-2H3,(H,25,27). The number of halogens is 2. The minimum absolute atomic E-state index is 0.209. The molecule has 0 radical (unpaired) electrons. The Labute approximate surface area is 168 Å². The van der Waals surface area contributed by atoms with Crippen LogP contribution < -0.4 is 5.32 Å². The highest BCUT2D eigenvalue weighted by molar-refractivity contribution is 6.32. The van der Waals surface area contributed by atoms with Gasteiger partial charge in [0, 0.05) is 30.5 Å². The molecule has 3 rings (SSSR count). The summed E-state index contributed by atoms with van der Waals surface area (Å²) in [6, 6.07) is 8.19. The Morgan fingerprint density at radius 1 is 1.36 bits per heavy atom. The molecule has 0 unspecified atom stereocenters. The van der Waals surface area contributed by atoms with Crippen LogP contribution in [0.5, 0.6) is 0 Å². The Hall–Kier alpha value is -2.44. The highest BCUT2D eigenvalue weighted by Crippen LogP contribution is 2.30. The molecule has 0 fully saturated rings. The van der Waals surface area contributed by atoms with Gasteiger partial charge in [-0.1, -0.05) is 29.8 Å². The van der Waals surface area contributed by atoms with E-state index in [1.54, 1.807) is 55.3 Å². The van der Waals surface area contributed by atoms with Gasteiger partial charge in [-0.25, -0.2) is 9.18 Å². The van der Waals surface area contributed by atoms with E-state index >= 15 is 0 Å². The van der Waals surface area contributed by atoms with Crippen molar-refractivity contribution < 1.29 is 14.3 Å². The van der Waals surface area contributed by atoms with Crippen molar-refractivity contribution in [2.24, 2.45) is 0 Å². The maximum Gasteiger partial charge on any atom is 0.322 e. The molecule has 0 aliphatic carbocycles. The zero-order valence-corrected chi connectivity index (χ0v) is 16.6. The van der Waals surface area contributed by atoms with Crippen LogP contribution in [0, 0.1) is 0 Å². The molecule has 2 N–H and O–H groups in total. The number of nitrogens with zero attached hydrogens (tertiary/aromatic N) is 2. The van der Waals surface area contributed by atoms with E-state index in [4.69, 9.17) is 11.6 Å². The lowest BCUT2D eigenvalue weighted by atomic mass is 9.98. The van der Waals surface area contributed by atoms with Gasteiger partial charge >= 0.3 is 6.03 Å². The molecular weight excluding hydrogens is 381 g/mol. The van der Waals surface area contributed by atoms with Crippen LogP contribution in [0.4, 0.5) is 14.9 Å². The van der Waals surface area contributed by atoms with E-state index in [9.17, 15) is 14.3 Å². The predicted molar refractivity (Wildman–Crippen MR) is 109 cm³/mol. The highest BCUT2D eigenvalue weighted by Gasteiger charge is 2.22. The lowest BCUT2D eigenvalue weighted by Crippen LogP contribution is -2.38. The van der Waals surface area contributed by atoms with Crippen LogP contribution in [0.3, 0.4) is 0 Å². The first-order chi connectivity index (χ1) is 13.3. The summed E-state index contributed by atoms with van der Waals surface area (Å²) in [7, 11) is 0. The van der Waals surface area contributed by atoms with E-state index in [1.165, 1.54) is 0 Å². The van der Waals surface area contributed by atoms with Gasteiger partial charge in [-0.3, -0.25) is 4.98 Å². The number of nitrogens with one attached hydrogen (secondary N) is 1. The van der Waals surface area contributed by atoms with Crippen LogP contribution >= 0.6 is 11.6 Å². The lowest BCUT2D eigenvalue weighted by molar-refractivity contribution is 0.0782. The summed E-state index contributed by atoms with van der Waals surface area (Å²) in [5.74, 6) is 0. The van der Waals surface area contributed by atoms with Gasteiger partial charge in [0.2, 0.25) is 0 Å². The summed E-state index contributed by atoms with van der Waals surface area (Å²) in [5, 5.41) is 13.4. The molecule has 0 saturated carbocycles. The quantitative estimate of drug-likeness (QED) is 0.773. The number of carbonyl (C=O) groups excluding carboxylic acids is 1. The molecule has 2 aromatic rings. The number of amides is 2. The molecular formula is C21H23ClFN3O2. The zero-order chi connectivity index (χ0) is 20.3. The normalized spacial score (nSPS) is 14.6. The summed E-state index contributed by atoms with van der Waals surface area (Å²) in [4.78, 5) is 18.5. The fourth-order valence-electron chi connectivity index (χ4n) is 2.96. The second kappa shape index (κ2) is 8.29. The number of aliphatic hydroxyl groups is 1. The molecule has 5 nitrogen and oxygen atoms in total. The lowest BCUT2D eigenvalue weighted by Gasteiger charge is -2.27. The van der Waals surface area contributed by atoms with Gasteiger partial charge in [0.05, 0.1) is 16.3 Å². The molecule has 1 aromatic heterocycles. The number of aromatic nitrogens is 1. The minimum atomic E-state index is -1.01. The first kappa shape index (κ1) is 20.3. The van der Waals surface area contributed by atoms with Gasteiger partial charge in [0.1, 0.15) is 6.67 Å². The first-order valence-electron chi connectivity index (χ1n) is 9.06. The van der Waals surface area contributed by atoms with Crippen molar-refractivity contribution in [1.82, 2.24) is 9.88 Å². The number of rotatable bonds is 4. The number of hydrogen-bond donors (Lipinski definition) is 2. The van der Waals surface area contributed by atoms with E-state index in [1.807, 2.05) is 6.08 Å². The average molecular weight is 404 g/mol. The molecule has 2 amide bonds. The number of alkyl halides is 1. The van der Waals surface area contributed by atoms with E-state index in [0.29, 0.717) is 47.0 Å². The Bertz CT molecular complexity index is 892. The summed E-state index contributed by atoms with van der Waals surface area (Å²) in [6.45, 7) is 3.81. The fraction of sp³-hybridized carbons (Fsp3) is 0.333. The van der Waals surface area contributed by atoms with Crippen molar-refractivity contribution in [1.29, 1.82) is 0 Å². The maximum atomic E-state index is 12.6. The predicted octanol–water partition coefficient (Wildman–Crippen LogP) is 4.75. The number of carbonyl (C=O) groups is 1. The van der Waals surface area contributed by atoms with Gasteiger partial charge in [0.25, 0.3) is 0 Å². The molecule has 1 aliphatic rings. The van der Waals surface area contributed by atoms with E-state index in [-0.39, 0.29) is 6.03 Å². The summed E-state index contributed by atoms with van der Waals surface area (Å²) < 4.78 is 12.6. The van der Waals surface area contributed by atoms with Crippen LogP contribution in [0.15, 0.2) is 42.6 Å². The van der Waals surface area contributed by atoms with Gasteiger partial charge < -0.3 is 15.3 Å². The topological polar surface area (TPSA) is 65.5 Å². The number of benzene rings is 1. The molecule has 1 aromatic carbocycles. The monoisotopic (exact) mass is 403 g/mol. The van der Waals surface area contributed by atoms with Crippen molar-refractivity contribution in [2.45, 2.75) is 32.5 Å². The Morgan fingerprint density at radius 3 is 2.61 bits per heavy atom. The van der Waals surface area contributed by atoms with Gasteiger partial charge in [-0.2, -0.15) is 0 Å². The number of urea groups is 1. The van der Waals surface area contributed by atoms with Crippen LogP contribution in [0.1, 0.15) is 37.1 Å². The van der Waals surface area contributed by atoms with Crippen LogP contribution in [0.25, 0.3) is 5.57 Å². The second-order valence-corrected chi connectivity index (χ2v) is 7.71. The van der Waals surface area contributed by atoms with Crippen LogP contribution in [-0.4, -0.2) is 34.1 Å². The van der Waals surface area contributed by atoms with Crippen molar-refractivity contribution >= 4 is 28.9 Å². The molecule has 148 valence electrons. The number of pyridine rings is 1. The molecule has 1 aliphatic heterocycles. The smallest absolute Gasteiger partial charge is 0.322 e. The summed E-state index contributed by atoms with van der Waals surface area (Å²) >= 11 is 6.37. The third kappa shape index (κ3) is 4.69. The molecule has 7 heteroatoms. The fourth-order valence-corrected chi connectivity index (χ4v) is 3.24. The Balaban J connectivity index is 1.66. The summed E-state index contributed by atoms with van der Waals surface area (Å²) in [6.07, 6.45) is 4.19. The Morgan fingerprint density at radius 2 is 2.07 bits per heavy atom. The van der Waals surface area contributed by atoms with Crippen LogP contribution in [0.2, 0.25) is 5.02 Å². The van der Waals surface area contributed by atoms with Crippen molar-refractivity contribution in [3.05, 3.63) is 64.4 Å². The Kier molecular flexibility index (Phi) is 6.01. The molecule has 0 spiro atoms. The largest absolute Gasteiger partial charge is 0.386 e. The van der Waals surface area contributed by atoms with E-state index < -0.39 is 12.3 Å². The SMILES string of the molecule is CC(C)(O)c1cnc(C2=CCN(C(=O)Nc3ccc(CF)cc3)CC2)c(Cl)c1. The zero-order valence-electron chi connectivity index (χ0n) is 15.9. The third-order valence-corrected chi connectivity index (χ3v) is 5.00. The van der Waals surface area contributed by atoms with Gasteiger partial charge in [-0.05, 0) is 49.6 Å². The molecule has 28 heavy (non-hydrogen) atoms. The summed E-state index contributed by atoms with van der Waals surface area (Å²) in [5.41, 5.74) is 2.50. The van der Waals surface area contributed by atoms with Crippen molar-refractivity contribution in [3.8, 4) is 0 Å². The molecule has 0 bridgehead atoms. The van der Waals surface area contributed by atoms with Gasteiger partial charge in [-0.15, -0.1) is 0 Å². The molecule has 0 saturated heterocycles. The minimum Gasteiger partial charge on any atom is -0.386 e. The second-order valence-electron chi connectivity index (χ2n) is 7.30. The van der Waals surface area contributed by atoms with Crippen molar-refractivity contribution in [2.75, 3.05) is 18.4 Å². The van der Waals surface area contributed by atoms with Crippen molar-refractivity contribution in [3.63, 3.8) is 0 Å². The highest BCUT2D eigenvalue weighted by atomic mass is 35.5. The third-order valence-electron chi connectivity index (χ3n) is 4.71. The van der Waals surface area contributed by atoms with E-state index in [0.717, 1.165) is 5.57 Å². The maximum absolute atomic E-state index is 12.6. The van der Waals surface area contributed by atoms with Crippen LogP contribution in [-0.2, 0) is 12.3 Å². The number of hydrogen-bond acceptors (Lipinski definition) is 3. The number of anilines is 1.